The minimum Gasteiger partial charge on any atom is -0.410 e. The number of carbonyl (C=O) groups is 1. The standard InChI is InChI=1S/C17H18FN5O2/c1-11(17(24)21-10-12-5-7-13(18)8-6-12)15(22-25)16-14(23(2)19)4-3-9-20-16/h3-9,25H,1,10,19H2,2H3,(H,21,24)/b22-15+. The summed E-state index contributed by atoms with van der Waals surface area (Å²) in [7, 11) is 1.59. The molecule has 0 spiro atoms. The number of nitrogens with two attached hydrogens (primary N) is 1. The fourth-order valence-electron chi connectivity index (χ4n) is 2.11. The van der Waals surface area contributed by atoms with Gasteiger partial charge in [-0.25, -0.2) is 10.2 Å². The smallest absolute Gasteiger partial charge is 0.253 e. The molecule has 0 saturated carbocycles. The van der Waals surface area contributed by atoms with Crippen LogP contribution in [0.4, 0.5) is 10.1 Å². The van der Waals surface area contributed by atoms with Crippen molar-refractivity contribution >= 4 is 17.3 Å². The van der Waals surface area contributed by atoms with E-state index in [0.717, 1.165) is 0 Å². The van der Waals surface area contributed by atoms with Gasteiger partial charge in [-0.15, -0.1) is 0 Å². The molecule has 0 aliphatic rings. The molecule has 7 nitrogen and oxygen atoms in total. The summed E-state index contributed by atoms with van der Waals surface area (Å²) in [4.78, 5) is 16.4. The summed E-state index contributed by atoms with van der Waals surface area (Å²) in [6.45, 7) is 3.84. The van der Waals surface area contributed by atoms with Crippen molar-refractivity contribution in [2.45, 2.75) is 6.54 Å². The van der Waals surface area contributed by atoms with Crippen molar-refractivity contribution in [1.29, 1.82) is 0 Å². The van der Waals surface area contributed by atoms with Crippen molar-refractivity contribution in [2.24, 2.45) is 11.0 Å². The van der Waals surface area contributed by atoms with E-state index in [1.165, 1.54) is 23.3 Å². The zero-order valence-electron chi connectivity index (χ0n) is 13.6. The number of anilines is 1. The largest absolute Gasteiger partial charge is 0.410 e. The number of rotatable bonds is 6. The van der Waals surface area contributed by atoms with E-state index in [1.807, 2.05) is 0 Å². The van der Waals surface area contributed by atoms with Crippen LogP contribution >= 0.6 is 0 Å². The van der Waals surface area contributed by atoms with Crippen LogP contribution in [0.5, 0.6) is 0 Å². The second-order valence-electron chi connectivity index (χ2n) is 5.22. The van der Waals surface area contributed by atoms with Crippen LogP contribution < -0.4 is 16.2 Å². The van der Waals surface area contributed by atoms with E-state index in [4.69, 9.17) is 5.84 Å². The molecule has 0 bridgehead atoms. The fourth-order valence-corrected chi connectivity index (χ4v) is 2.11. The van der Waals surface area contributed by atoms with Crippen LogP contribution in [0.3, 0.4) is 0 Å². The first-order valence-electron chi connectivity index (χ1n) is 7.31. The summed E-state index contributed by atoms with van der Waals surface area (Å²) in [5.41, 5.74) is 1.22. The molecule has 0 unspecified atom stereocenters. The van der Waals surface area contributed by atoms with Gasteiger partial charge in [0, 0.05) is 19.8 Å². The Hall–Kier alpha value is -3.26. The molecule has 1 aromatic heterocycles. The molecule has 0 atom stereocenters. The number of halogens is 1. The van der Waals surface area contributed by atoms with Crippen LogP contribution in [-0.4, -0.2) is 28.9 Å². The molecule has 0 saturated heterocycles. The summed E-state index contributed by atoms with van der Waals surface area (Å²) in [5, 5.41) is 16.4. The normalized spacial score (nSPS) is 11.1. The number of carbonyl (C=O) groups excluding carboxylic acids is 1. The molecule has 2 rings (SSSR count). The molecule has 0 radical (unpaired) electrons. The lowest BCUT2D eigenvalue weighted by Gasteiger charge is -2.17. The van der Waals surface area contributed by atoms with Gasteiger partial charge in [0.15, 0.2) is 0 Å². The third-order valence-corrected chi connectivity index (χ3v) is 3.42. The quantitative estimate of drug-likeness (QED) is 0.243. The first-order valence-corrected chi connectivity index (χ1v) is 7.31. The van der Waals surface area contributed by atoms with Gasteiger partial charge in [-0.05, 0) is 29.8 Å². The Morgan fingerprint density at radius 2 is 2.08 bits per heavy atom. The number of hydrogen-bond acceptors (Lipinski definition) is 6. The van der Waals surface area contributed by atoms with Crippen LogP contribution in [0, 0.1) is 5.82 Å². The van der Waals surface area contributed by atoms with E-state index in [0.29, 0.717) is 11.3 Å². The SMILES string of the molecule is C=C(C(=O)NCc1ccc(F)cc1)/C(=N\O)c1ncccc1N(C)N. The number of amides is 1. The Bertz CT molecular complexity index is 803. The molecule has 1 heterocycles. The summed E-state index contributed by atoms with van der Waals surface area (Å²) in [6, 6.07) is 9.04. The van der Waals surface area contributed by atoms with Crippen molar-refractivity contribution in [3.63, 3.8) is 0 Å². The fraction of sp³-hybridized carbons (Fsp3) is 0.118. The Labute approximate surface area is 144 Å². The van der Waals surface area contributed by atoms with Crippen molar-refractivity contribution in [2.75, 3.05) is 12.1 Å². The zero-order chi connectivity index (χ0) is 18.4. The highest BCUT2D eigenvalue weighted by atomic mass is 19.1. The molecular weight excluding hydrogens is 325 g/mol. The van der Waals surface area contributed by atoms with E-state index in [2.05, 4.69) is 22.0 Å². The molecule has 0 aliphatic heterocycles. The van der Waals surface area contributed by atoms with Gasteiger partial charge in [-0.3, -0.25) is 9.78 Å². The third kappa shape index (κ3) is 4.39. The van der Waals surface area contributed by atoms with Gasteiger partial charge in [0.25, 0.3) is 5.91 Å². The minimum absolute atomic E-state index is 0.0774. The second kappa shape index (κ2) is 8.02. The molecule has 4 N–H and O–H groups in total. The lowest BCUT2D eigenvalue weighted by atomic mass is 10.1. The molecule has 8 heteroatoms. The third-order valence-electron chi connectivity index (χ3n) is 3.42. The molecule has 0 fully saturated rings. The highest BCUT2D eigenvalue weighted by Crippen LogP contribution is 2.18. The van der Waals surface area contributed by atoms with E-state index in [1.54, 1.807) is 31.3 Å². The monoisotopic (exact) mass is 343 g/mol. The van der Waals surface area contributed by atoms with Crippen LogP contribution in [0.2, 0.25) is 0 Å². The molecule has 1 aromatic carbocycles. The number of hydrazine groups is 1. The second-order valence-corrected chi connectivity index (χ2v) is 5.22. The Kier molecular flexibility index (Phi) is 5.80. The number of hydrogen-bond donors (Lipinski definition) is 3. The van der Waals surface area contributed by atoms with Gasteiger partial charge in [-0.1, -0.05) is 23.9 Å². The Morgan fingerprint density at radius 3 is 2.68 bits per heavy atom. The Morgan fingerprint density at radius 1 is 1.40 bits per heavy atom. The number of oxime groups is 1. The molecule has 2 aromatic rings. The maximum Gasteiger partial charge on any atom is 0.253 e. The van der Waals surface area contributed by atoms with E-state index >= 15 is 0 Å². The molecule has 0 aliphatic carbocycles. The average molecular weight is 343 g/mol. The van der Waals surface area contributed by atoms with Crippen LogP contribution in [0.1, 0.15) is 11.3 Å². The summed E-state index contributed by atoms with van der Waals surface area (Å²) < 4.78 is 12.9. The van der Waals surface area contributed by atoms with Crippen LogP contribution in [0.25, 0.3) is 0 Å². The van der Waals surface area contributed by atoms with Gasteiger partial charge in [0.2, 0.25) is 0 Å². The summed E-state index contributed by atoms with van der Waals surface area (Å²) >= 11 is 0. The number of nitrogens with one attached hydrogen (secondary N) is 1. The minimum atomic E-state index is -0.548. The summed E-state index contributed by atoms with van der Waals surface area (Å²) in [5.74, 6) is 4.82. The van der Waals surface area contributed by atoms with Crippen molar-refractivity contribution < 1.29 is 14.4 Å². The maximum atomic E-state index is 12.9. The average Bonchev–Trinajstić information content (AvgIpc) is 2.61. The van der Waals surface area contributed by atoms with E-state index in [9.17, 15) is 14.4 Å². The number of pyridine rings is 1. The predicted molar refractivity (Wildman–Crippen MR) is 92.5 cm³/mol. The molecule has 1 amide bonds. The first-order chi connectivity index (χ1) is 11.9. The van der Waals surface area contributed by atoms with Gasteiger partial charge >= 0.3 is 0 Å². The molecule has 130 valence electrons. The van der Waals surface area contributed by atoms with E-state index < -0.39 is 5.91 Å². The van der Waals surface area contributed by atoms with Gasteiger partial charge in [-0.2, -0.15) is 0 Å². The number of benzene rings is 1. The van der Waals surface area contributed by atoms with Crippen molar-refractivity contribution in [3.05, 3.63) is 71.8 Å². The highest BCUT2D eigenvalue weighted by molar-refractivity contribution is 6.28. The van der Waals surface area contributed by atoms with E-state index in [-0.39, 0.29) is 29.3 Å². The first kappa shape index (κ1) is 18.1. The van der Waals surface area contributed by atoms with Gasteiger partial charge < -0.3 is 15.5 Å². The lowest BCUT2D eigenvalue weighted by Crippen LogP contribution is -2.31. The van der Waals surface area contributed by atoms with Crippen LogP contribution in [0.15, 0.2) is 59.9 Å². The number of nitrogens with zero attached hydrogens (tertiary/aromatic N) is 3. The topological polar surface area (TPSA) is 104 Å². The van der Waals surface area contributed by atoms with Crippen molar-refractivity contribution in [3.8, 4) is 0 Å². The van der Waals surface area contributed by atoms with Gasteiger partial charge in [0.1, 0.15) is 17.2 Å². The predicted octanol–water partition coefficient (Wildman–Crippen LogP) is 1.58. The zero-order valence-corrected chi connectivity index (χ0v) is 13.6. The molecule has 25 heavy (non-hydrogen) atoms. The van der Waals surface area contributed by atoms with Gasteiger partial charge in [0.05, 0.1) is 11.3 Å². The molecular formula is C17H18FN5O2. The number of aromatic nitrogens is 1. The highest BCUT2D eigenvalue weighted by Gasteiger charge is 2.21. The summed E-state index contributed by atoms with van der Waals surface area (Å²) in [6.07, 6.45) is 1.48. The maximum absolute atomic E-state index is 12.9. The van der Waals surface area contributed by atoms with Crippen molar-refractivity contribution in [1.82, 2.24) is 10.3 Å². The Balaban J connectivity index is 2.14. The van der Waals surface area contributed by atoms with Crippen LogP contribution in [-0.2, 0) is 11.3 Å². The lowest BCUT2D eigenvalue weighted by molar-refractivity contribution is -0.117.